The summed E-state index contributed by atoms with van der Waals surface area (Å²) < 4.78 is 0. The molecule has 0 saturated carbocycles. The molecule has 0 aromatic rings. The van der Waals surface area contributed by atoms with Gasteiger partial charge < -0.3 is 16.0 Å². The molecule has 0 aliphatic rings. The van der Waals surface area contributed by atoms with Gasteiger partial charge in [0.25, 0.3) is 0 Å². The lowest BCUT2D eigenvalue weighted by molar-refractivity contribution is -0.136. The van der Waals surface area contributed by atoms with Gasteiger partial charge in [-0.3, -0.25) is 9.59 Å². The van der Waals surface area contributed by atoms with Crippen molar-refractivity contribution in [2.24, 2.45) is 5.73 Å². The highest BCUT2D eigenvalue weighted by molar-refractivity contribution is 5.84. The summed E-state index contributed by atoms with van der Waals surface area (Å²) in [5, 5.41) is 2.53. The summed E-state index contributed by atoms with van der Waals surface area (Å²) in [7, 11) is 1.58. The van der Waals surface area contributed by atoms with Crippen LogP contribution in [-0.2, 0) is 9.59 Å². The van der Waals surface area contributed by atoms with Crippen LogP contribution in [-0.4, -0.2) is 42.9 Å². The molecule has 5 nitrogen and oxygen atoms in total. The number of rotatable bonds is 8. The van der Waals surface area contributed by atoms with Crippen LogP contribution in [0.5, 0.6) is 0 Å². The second kappa shape index (κ2) is 8.98. The summed E-state index contributed by atoms with van der Waals surface area (Å²) in [6, 6.07) is 0.126. The van der Waals surface area contributed by atoms with Gasteiger partial charge in [-0.05, 0) is 26.2 Å². The number of hydrogen-bond acceptors (Lipinski definition) is 3. The van der Waals surface area contributed by atoms with Gasteiger partial charge in [-0.2, -0.15) is 0 Å². The maximum Gasteiger partial charge on any atom is 0.239 e. The molecule has 3 N–H and O–H groups in total. The maximum atomic E-state index is 11.9. The zero-order valence-electron chi connectivity index (χ0n) is 11.2. The van der Waals surface area contributed by atoms with E-state index in [9.17, 15) is 9.59 Å². The minimum absolute atomic E-state index is 0.0381. The molecule has 0 spiro atoms. The Morgan fingerprint density at radius 3 is 2.53 bits per heavy atom. The first-order valence-corrected chi connectivity index (χ1v) is 6.25. The summed E-state index contributed by atoms with van der Waals surface area (Å²) in [6.45, 7) is 4.71. The fraction of sp³-hybridized carbons (Fsp3) is 0.833. The highest BCUT2D eigenvalue weighted by Crippen LogP contribution is 2.03. The summed E-state index contributed by atoms with van der Waals surface area (Å²) in [5.41, 5.74) is 5.63. The Balaban J connectivity index is 4.10. The summed E-state index contributed by atoms with van der Waals surface area (Å²) in [6.07, 6.45) is 2.95. The van der Waals surface area contributed by atoms with Crippen molar-refractivity contribution in [2.45, 2.75) is 45.6 Å². The van der Waals surface area contributed by atoms with Crippen LogP contribution in [0.25, 0.3) is 0 Å². The summed E-state index contributed by atoms with van der Waals surface area (Å²) >= 11 is 0. The molecule has 0 aromatic heterocycles. The zero-order chi connectivity index (χ0) is 13.3. The lowest BCUT2D eigenvalue weighted by Gasteiger charge is -2.21. The first-order valence-electron chi connectivity index (χ1n) is 6.25. The lowest BCUT2D eigenvalue weighted by atomic mass is 10.1. The van der Waals surface area contributed by atoms with Gasteiger partial charge in [0.1, 0.15) is 0 Å². The SMILES string of the molecule is CCCN(CC(=O)NC)C(=O)CCCC(C)N. The molecular weight excluding hydrogens is 218 g/mol. The van der Waals surface area contributed by atoms with Crippen molar-refractivity contribution in [2.75, 3.05) is 20.1 Å². The molecule has 1 atom stereocenters. The highest BCUT2D eigenvalue weighted by Gasteiger charge is 2.15. The molecule has 0 aliphatic carbocycles. The van der Waals surface area contributed by atoms with Gasteiger partial charge >= 0.3 is 0 Å². The van der Waals surface area contributed by atoms with Crippen LogP contribution < -0.4 is 11.1 Å². The number of likely N-dealkylation sites (N-methyl/N-ethyl adjacent to an activating group) is 1. The van der Waals surface area contributed by atoms with E-state index in [-0.39, 0.29) is 24.4 Å². The van der Waals surface area contributed by atoms with Crippen molar-refractivity contribution in [3.05, 3.63) is 0 Å². The molecule has 0 radical (unpaired) electrons. The van der Waals surface area contributed by atoms with Crippen molar-refractivity contribution >= 4 is 11.8 Å². The largest absolute Gasteiger partial charge is 0.358 e. The van der Waals surface area contributed by atoms with Crippen LogP contribution in [0.2, 0.25) is 0 Å². The van der Waals surface area contributed by atoms with Crippen molar-refractivity contribution in [1.29, 1.82) is 0 Å². The number of carbonyl (C=O) groups excluding carboxylic acids is 2. The van der Waals surface area contributed by atoms with Crippen molar-refractivity contribution < 1.29 is 9.59 Å². The Kier molecular flexibility index (Phi) is 8.40. The third kappa shape index (κ3) is 7.74. The third-order valence-corrected chi connectivity index (χ3v) is 2.51. The van der Waals surface area contributed by atoms with E-state index in [0.717, 1.165) is 19.3 Å². The Labute approximate surface area is 104 Å². The smallest absolute Gasteiger partial charge is 0.239 e. The number of hydrogen-bond donors (Lipinski definition) is 2. The van der Waals surface area contributed by atoms with E-state index < -0.39 is 0 Å². The van der Waals surface area contributed by atoms with Crippen LogP contribution in [0.15, 0.2) is 0 Å². The van der Waals surface area contributed by atoms with Gasteiger partial charge in [-0.1, -0.05) is 6.92 Å². The molecular formula is C12H25N3O2. The van der Waals surface area contributed by atoms with E-state index in [2.05, 4.69) is 5.32 Å². The van der Waals surface area contributed by atoms with E-state index in [4.69, 9.17) is 5.73 Å². The first-order chi connectivity index (χ1) is 8.01. The third-order valence-electron chi connectivity index (χ3n) is 2.51. The van der Waals surface area contributed by atoms with E-state index in [1.165, 1.54) is 0 Å². The van der Waals surface area contributed by atoms with Gasteiger partial charge in [0.15, 0.2) is 0 Å². The molecule has 5 heteroatoms. The summed E-state index contributed by atoms with van der Waals surface area (Å²) in [5.74, 6) is -0.0879. The molecule has 1 unspecified atom stereocenters. The fourth-order valence-corrected chi connectivity index (χ4v) is 1.55. The lowest BCUT2D eigenvalue weighted by Crippen LogP contribution is -2.40. The van der Waals surface area contributed by atoms with Gasteiger partial charge in [0.2, 0.25) is 11.8 Å². The first kappa shape index (κ1) is 15.9. The molecule has 0 bridgehead atoms. The fourth-order valence-electron chi connectivity index (χ4n) is 1.55. The van der Waals surface area contributed by atoms with Crippen molar-refractivity contribution in [3.8, 4) is 0 Å². The van der Waals surface area contributed by atoms with E-state index in [1.807, 2.05) is 13.8 Å². The number of amides is 2. The average Bonchev–Trinajstić information content (AvgIpc) is 2.27. The van der Waals surface area contributed by atoms with Crippen LogP contribution in [0.1, 0.15) is 39.5 Å². The molecule has 2 amide bonds. The molecule has 17 heavy (non-hydrogen) atoms. The Hall–Kier alpha value is -1.10. The predicted octanol–water partition coefficient (Wildman–Crippen LogP) is 0.489. The second-order valence-corrected chi connectivity index (χ2v) is 4.36. The second-order valence-electron chi connectivity index (χ2n) is 4.36. The Morgan fingerprint density at radius 1 is 1.41 bits per heavy atom. The maximum absolute atomic E-state index is 11.9. The van der Waals surface area contributed by atoms with E-state index in [1.54, 1.807) is 11.9 Å². The highest BCUT2D eigenvalue weighted by atomic mass is 16.2. The molecule has 0 saturated heterocycles. The number of nitrogens with one attached hydrogen (secondary N) is 1. The molecule has 0 aromatic carbocycles. The van der Waals surface area contributed by atoms with Crippen molar-refractivity contribution in [1.82, 2.24) is 10.2 Å². The van der Waals surface area contributed by atoms with Crippen molar-refractivity contribution in [3.63, 3.8) is 0 Å². The predicted molar refractivity (Wildman–Crippen MR) is 68.4 cm³/mol. The van der Waals surface area contributed by atoms with Crippen LogP contribution in [0, 0.1) is 0 Å². The quantitative estimate of drug-likeness (QED) is 0.651. The standard InChI is InChI=1S/C12H25N3O2/c1-4-8-15(9-11(16)14-3)12(17)7-5-6-10(2)13/h10H,4-9,13H2,1-3H3,(H,14,16). The Morgan fingerprint density at radius 2 is 2.06 bits per heavy atom. The van der Waals surface area contributed by atoms with Gasteiger partial charge in [-0.15, -0.1) is 0 Å². The number of carbonyl (C=O) groups is 2. The van der Waals surface area contributed by atoms with Crippen LogP contribution >= 0.6 is 0 Å². The minimum atomic E-state index is -0.126. The minimum Gasteiger partial charge on any atom is -0.358 e. The van der Waals surface area contributed by atoms with Crippen LogP contribution in [0.4, 0.5) is 0 Å². The van der Waals surface area contributed by atoms with Gasteiger partial charge in [-0.25, -0.2) is 0 Å². The average molecular weight is 243 g/mol. The molecule has 0 aliphatic heterocycles. The topological polar surface area (TPSA) is 75.4 Å². The van der Waals surface area contributed by atoms with E-state index in [0.29, 0.717) is 13.0 Å². The monoisotopic (exact) mass is 243 g/mol. The van der Waals surface area contributed by atoms with E-state index >= 15 is 0 Å². The zero-order valence-corrected chi connectivity index (χ0v) is 11.2. The molecule has 0 fully saturated rings. The molecule has 100 valence electrons. The summed E-state index contributed by atoms with van der Waals surface area (Å²) in [4.78, 5) is 24.7. The normalized spacial score (nSPS) is 12.0. The molecule has 0 rings (SSSR count). The molecule has 0 heterocycles. The number of nitrogens with zero attached hydrogens (tertiary/aromatic N) is 1. The van der Waals surface area contributed by atoms with Crippen LogP contribution in [0.3, 0.4) is 0 Å². The van der Waals surface area contributed by atoms with Gasteiger partial charge in [0.05, 0.1) is 6.54 Å². The number of nitrogens with two attached hydrogens (primary N) is 1. The van der Waals surface area contributed by atoms with Gasteiger partial charge in [0, 0.05) is 26.1 Å². The Bertz CT molecular complexity index is 242.